The molecule has 0 spiro atoms. The van der Waals surface area contributed by atoms with Crippen molar-refractivity contribution in [3.05, 3.63) is 53.6 Å². The molecular weight excluding hydrogens is 276 g/mol. The Labute approximate surface area is 131 Å². The number of imidazole rings is 1. The standard InChI is InChI=1S/C17H22N4O/c1-14-3-5-15(6-4-14)11-19(2)17(22)13-20-9-10-21-8-7-18-16(21)12-20/h3-8H,9-13H2,1-2H3. The van der Waals surface area contributed by atoms with Gasteiger partial charge in [0, 0.05) is 39.1 Å². The predicted octanol–water partition coefficient (Wildman–Crippen LogP) is 1.67. The molecule has 1 aliphatic heterocycles. The van der Waals surface area contributed by atoms with Crippen LogP contribution in [0, 0.1) is 6.92 Å². The molecule has 3 rings (SSSR count). The highest BCUT2D eigenvalue weighted by Crippen LogP contribution is 2.11. The van der Waals surface area contributed by atoms with E-state index >= 15 is 0 Å². The molecule has 2 heterocycles. The van der Waals surface area contributed by atoms with Crippen molar-refractivity contribution in [1.82, 2.24) is 19.4 Å². The minimum Gasteiger partial charge on any atom is -0.340 e. The van der Waals surface area contributed by atoms with E-state index in [9.17, 15) is 4.79 Å². The third kappa shape index (κ3) is 3.36. The molecular formula is C17H22N4O. The minimum absolute atomic E-state index is 0.153. The maximum absolute atomic E-state index is 12.4. The Morgan fingerprint density at radius 3 is 2.82 bits per heavy atom. The quantitative estimate of drug-likeness (QED) is 0.862. The van der Waals surface area contributed by atoms with Gasteiger partial charge in [-0.25, -0.2) is 4.98 Å². The summed E-state index contributed by atoms with van der Waals surface area (Å²) in [7, 11) is 1.87. The summed E-state index contributed by atoms with van der Waals surface area (Å²) in [6.45, 7) is 5.73. The van der Waals surface area contributed by atoms with Crippen LogP contribution in [0.2, 0.25) is 0 Å². The number of fused-ring (bicyclic) bond motifs is 1. The average Bonchev–Trinajstić information content (AvgIpc) is 2.97. The molecule has 0 aliphatic carbocycles. The lowest BCUT2D eigenvalue weighted by atomic mass is 10.1. The Bertz CT molecular complexity index is 647. The zero-order chi connectivity index (χ0) is 15.5. The number of hydrogen-bond donors (Lipinski definition) is 0. The minimum atomic E-state index is 0.153. The lowest BCUT2D eigenvalue weighted by Gasteiger charge is -2.28. The highest BCUT2D eigenvalue weighted by Gasteiger charge is 2.20. The zero-order valence-corrected chi connectivity index (χ0v) is 13.2. The van der Waals surface area contributed by atoms with Crippen LogP contribution < -0.4 is 0 Å². The topological polar surface area (TPSA) is 41.4 Å². The number of carbonyl (C=O) groups excluding carboxylic acids is 1. The molecule has 116 valence electrons. The summed E-state index contributed by atoms with van der Waals surface area (Å²) in [5.74, 6) is 1.20. The molecule has 0 bridgehead atoms. The Balaban J connectivity index is 1.54. The van der Waals surface area contributed by atoms with Crippen molar-refractivity contribution >= 4 is 5.91 Å². The first-order chi connectivity index (χ1) is 10.6. The van der Waals surface area contributed by atoms with E-state index in [-0.39, 0.29) is 5.91 Å². The molecule has 0 radical (unpaired) electrons. The number of carbonyl (C=O) groups is 1. The summed E-state index contributed by atoms with van der Waals surface area (Å²) in [6.07, 6.45) is 3.82. The van der Waals surface area contributed by atoms with Crippen LogP contribution in [0.25, 0.3) is 0 Å². The van der Waals surface area contributed by atoms with Crippen LogP contribution >= 0.6 is 0 Å². The van der Waals surface area contributed by atoms with Gasteiger partial charge in [-0.05, 0) is 12.5 Å². The predicted molar refractivity (Wildman–Crippen MR) is 85.2 cm³/mol. The van der Waals surface area contributed by atoms with Crippen LogP contribution in [0.4, 0.5) is 0 Å². The molecule has 1 aromatic heterocycles. The van der Waals surface area contributed by atoms with Crippen molar-refractivity contribution in [3.63, 3.8) is 0 Å². The van der Waals surface area contributed by atoms with E-state index < -0.39 is 0 Å². The van der Waals surface area contributed by atoms with Gasteiger partial charge in [0.2, 0.25) is 5.91 Å². The van der Waals surface area contributed by atoms with E-state index in [1.54, 1.807) is 4.90 Å². The van der Waals surface area contributed by atoms with Crippen LogP contribution in [-0.2, 0) is 24.4 Å². The Morgan fingerprint density at radius 1 is 1.27 bits per heavy atom. The van der Waals surface area contributed by atoms with E-state index in [1.807, 2.05) is 19.4 Å². The van der Waals surface area contributed by atoms with E-state index in [2.05, 4.69) is 45.6 Å². The average molecular weight is 298 g/mol. The number of aromatic nitrogens is 2. The molecule has 1 amide bonds. The van der Waals surface area contributed by atoms with Gasteiger partial charge in [0.05, 0.1) is 13.1 Å². The molecule has 22 heavy (non-hydrogen) atoms. The fraction of sp³-hybridized carbons (Fsp3) is 0.412. The summed E-state index contributed by atoms with van der Waals surface area (Å²) >= 11 is 0. The third-order valence-electron chi connectivity index (χ3n) is 4.15. The van der Waals surface area contributed by atoms with Crippen LogP contribution in [0.5, 0.6) is 0 Å². The van der Waals surface area contributed by atoms with Gasteiger partial charge in [-0.3, -0.25) is 9.69 Å². The number of benzene rings is 1. The van der Waals surface area contributed by atoms with Crippen molar-refractivity contribution in [1.29, 1.82) is 0 Å². The summed E-state index contributed by atoms with van der Waals surface area (Å²) in [5.41, 5.74) is 2.40. The van der Waals surface area contributed by atoms with Crippen LogP contribution in [0.3, 0.4) is 0 Å². The van der Waals surface area contributed by atoms with E-state index in [0.29, 0.717) is 13.1 Å². The van der Waals surface area contributed by atoms with Gasteiger partial charge in [0.25, 0.3) is 0 Å². The molecule has 2 aromatic rings. The SMILES string of the molecule is Cc1ccc(CN(C)C(=O)CN2CCn3ccnc3C2)cc1. The number of aryl methyl sites for hydroxylation is 1. The van der Waals surface area contributed by atoms with Crippen LogP contribution in [-0.4, -0.2) is 45.4 Å². The van der Waals surface area contributed by atoms with Gasteiger partial charge >= 0.3 is 0 Å². The second kappa shape index (κ2) is 6.32. The van der Waals surface area contributed by atoms with E-state index in [1.165, 1.54) is 5.56 Å². The van der Waals surface area contributed by atoms with Gasteiger partial charge in [0.15, 0.2) is 0 Å². The monoisotopic (exact) mass is 298 g/mol. The Kier molecular flexibility index (Phi) is 4.24. The lowest BCUT2D eigenvalue weighted by molar-refractivity contribution is -0.132. The normalized spacial score (nSPS) is 14.6. The van der Waals surface area contributed by atoms with Gasteiger partial charge in [-0.2, -0.15) is 0 Å². The maximum atomic E-state index is 12.4. The van der Waals surface area contributed by atoms with Crippen LogP contribution in [0.1, 0.15) is 17.0 Å². The number of likely N-dealkylation sites (N-methyl/N-ethyl adjacent to an activating group) is 1. The molecule has 1 aliphatic rings. The molecule has 1 aromatic carbocycles. The Morgan fingerprint density at radius 2 is 2.05 bits per heavy atom. The zero-order valence-electron chi connectivity index (χ0n) is 13.2. The molecule has 0 saturated heterocycles. The fourth-order valence-corrected chi connectivity index (χ4v) is 2.73. The van der Waals surface area contributed by atoms with Crippen molar-refractivity contribution in [2.24, 2.45) is 0 Å². The first-order valence-corrected chi connectivity index (χ1v) is 7.64. The molecule has 0 atom stereocenters. The lowest BCUT2D eigenvalue weighted by Crippen LogP contribution is -2.41. The molecule has 0 saturated carbocycles. The van der Waals surface area contributed by atoms with E-state index in [4.69, 9.17) is 0 Å². The molecule has 5 heteroatoms. The first-order valence-electron chi connectivity index (χ1n) is 7.64. The second-order valence-corrected chi connectivity index (χ2v) is 5.98. The van der Waals surface area contributed by atoms with Crippen molar-refractivity contribution in [2.45, 2.75) is 26.6 Å². The number of nitrogens with zero attached hydrogens (tertiary/aromatic N) is 4. The van der Waals surface area contributed by atoms with Gasteiger partial charge < -0.3 is 9.47 Å². The first kappa shape index (κ1) is 14.8. The van der Waals surface area contributed by atoms with Crippen LogP contribution in [0.15, 0.2) is 36.7 Å². The maximum Gasteiger partial charge on any atom is 0.236 e. The van der Waals surface area contributed by atoms with Gasteiger partial charge in [0.1, 0.15) is 5.82 Å². The molecule has 0 fully saturated rings. The summed E-state index contributed by atoms with van der Waals surface area (Å²) in [4.78, 5) is 20.7. The third-order valence-corrected chi connectivity index (χ3v) is 4.15. The number of amides is 1. The summed E-state index contributed by atoms with van der Waals surface area (Å²) in [6, 6.07) is 8.32. The second-order valence-electron chi connectivity index (χ2n) is 5.98. The highest BCUT2D eigenvalue weighted by molar-refractivity contribution is 5.78. The van der Waals surface area contributed by atoms with Crippen molar-refractivity contribution in [2.75, 3.05) is 20.1 Å². The summed E-state index contributed by atoms with van der Waals surface area (Å²) < 4.78 is 2.15. The summed E-state index contributed by atoms with van der Waals surface area (Å²) in [5, 5.41) is 0. The van der Waals surface area contributed by atoms with Crippen molar-refractivity contribution < 1.29 is 4.79 Å². The number of rotatable bonds is 4. The van der Waals surface area contributed by atoms with Gasteiger partial charge in [-0.1, -0.05) is 29.8 Å². The molecule has 0 N–H and O–H groups in total. The Hall–Kier alpha value is -2.14. The fourth-order valence-electron chi connectivity index (χ4n) is 2.73. The van der Waals surface area contributed by atoms with Crippen molar-refractivity contribution in [3.8, 4) is 0 Å². The largest absolute Gasteiger partial charge is 0.340 e. The molecule has 5 nitrogen and oxygen atoms in total. The smallest absolute Gasteiger partial charge is 0.236 e. The highest BCUT2D eigenvalue weighted by atomic mass is 16.2. The van der Waals surface area contributed by atoms with E-state index in [0.717, 1.165) is 31.0 Å². The van der Waals surface area contributed by atoms with Gasteiger partial charge in [-0.15, -0.1) is 0 Å². The molecule has 0 unspecified atom stereocenters. The number of hydrogen-bond acceptors (Lipinski definition) is 3.